The summed E-state index contributed by atoms with van der Waals surface area (Å²) in [6.45, 7) is 6.79. The fraction of sp³-hybridized carbons (Fsp3) is 0.267. The smallest absolute Gasteiger partial charge is 0.267 e. The molecule has 0 aliphatic heterocycles. The van der Waals surface area contributed by atoms with E-state index in [0.717, 1.165) is 35.4 Å². The number of allylic oxidation sites excluding steroid dienone is 1. The van der Waals surface area contributed by atoms with E-state index in [0.29, 0.717) is 17.8 Å². The molecule has 1 aliphatic rings. The number of carbonyl (C=O) groups excluding carboxylic acids is 1. The molecule has 1 heterocycles. The molecule has 166 valence electrons. The zero-order chi connectivity index (χ0) is 22.9. The Morgan fingerprint density at radius 1 is 0.970 bits per heavy atom. The minimum Gasteiger partial charge on any atom is -0.267 e. The minimum absolute atomic E-state index is 0.105. The van der Waals surface area contributed by atoms with Gasteiger partial charge in [0.2, 0.25) is 0 Å². The van der Waals surface area contributed by atoms with Crippen LogP contribution >= 0.6 is 0 Å². The van der Waals surface area contributed by atoms with Gasteiger partial charge in [0.25, 0.3) is 5.91 Å². The summed E-state index contributed by atoms with van der Waals surface area (Å²) in [5.41, 5.74) is 5.37. The van der Waals surface area contributed by atoms with Gasteiger partial charge >= 0.3 is 0 Å². The van der Waals surface area contributed by atoms with Crippen LogP contribution in [0.15, 0.2) is 78.9 Å². The standard InChI is InChI=1S/C30H30N2O/c1-20(2)26-17-13-21(3)28-29(26)31-32(27(33)18-14-22-9-5-4-6-10-22)30(28)25-16-15-23-11-7-8-12-24(23)19-25/h4-12,14-16,18-21,26H,13,17H2,1-3H3/b18-14+/t21-,26-/m1/s1. The largest absolute Gasteiger partial charge is 0.271 e. The SMILES string of the molecule is CC(C)[C@H]1CC[C@@H](C)c2c1nn(C(=O)/C=C/c1ccccc1)c2-c1ccc2ccccc2c1. The van der Waals surface area contributed by atoms with Gasteiger partial charge in [0.05, 0.1) is 11.4 Å². The van der Waals surface area contributed by atoms with Gasteiger partial charge in [-0.3, -0.25) is 4.79 Å². The lowest BCUT2D eigenvalue weighted by Gasteiger charge is -2.29. The molecule has 33 heavy (non-hydrogen) atoms. The van der Waals surface area contributed by atoms with Crippen LogP contribution in [0, 0.1) is 5.92 Å². The van der Waals surface area contributed by atoms with Crippen LogP contribution in [0.1, 0.15) is 67.1 Å². The Morgan fingerprint density at radius 2 is 1.70 bits per heavy atom. The molecular formula is C30H30N2O. The molecule has 0 radical (unpaired) electrons. The van der Waals surface area contributed by atoms with Crippen molar-refractivity contribution in [3.63, 3.8) is 0 Å². The number of hydrogen-bond donors (Lipinski definition) is 0. The summed E-state index contributed by atoms with van der Waals surface area (Å²) in [7, 11) is 0. The maximum absolute atomic E-state index is 13.5. The van der Waals surface area contributed by atoms with Crippen LogP contribution in [0.25, 0.3) is 28.1 Å². The molecule has 0 saturated heterocycles. The van der Waals surface area contributed by atoms with Crippen molar-refractivity contribution in [3.8, 4) is 11.3 Å². The van der Waals surface area contributed by atoms with Crippen LogP contribution in [0.4, 0.5) is 0 Å². The summed E-state index contributed by atoms with van der Waals surface area (Å²) in [6.07, 6.45) is 5.76. The number of aromatic nitrogens is 2. The Hall–Kier alpha value is -3.46. The summed E-state index contributed by atoms with van der Waals surface area (Å²) < 4.78 is 1.66. The van der Waals surface area contributed by atoms with E-state index in [4.69, 9.17) is 5.10 Å². The van der Waals surface area contributed by atoms with Crippen LogP contribution in [-0.4, -0.2) is 15.7 Å². The monoisotopic (exact) mass is 434 g/mol. The summed E-state index contributed by atoms with van der Waals surface area (Å²) in [5, 5.41) is 7.36. The Labute approximate surface area is 195 Å². The third-order valence-electron chi connectivity index (χ3n) is 6.96. The molecule has 1 aliphatic carbocycles. The number of rotatable bonds is 4. The van der Waals surface area contributed by atoms with Crippen LogP contribution < -0.4 is 0 Å². The Kier molecular flexibility index (Phi) is 5.72. The third-order valence-corrected chi connectivity index (χ3v) is 6.96. The van der Waals surface area contributed by atoms with Crippen LogP contribution in [0.5, 0.6) is 0 Å². The first-order valence-corrected chi connectivity index (χ1v) is 11.9. The number of carbonyl (C=O) groups is 1. The molecule has 0 amide bonds. The highest BCUT2D eigenvalue weighted by molar-refractivity contribution is 5.97. The second-order valence-corrected chi connectivity index (χ2v) is 9.53. The minimum atomic E-state index is -0.105. The Morgan fingerprint density at radius 3 is 2.45 bits per heavy atom. The lowest BCUT2D eigenvalue weighted by molar-refractivity contribution is 0.0956. The van der Waals surface area contributed by atoms with Gasteiger partial charge in [-0.2, -0.15) is 9.78 Å². The fourth-order valence-corrected chi connectivity index (χ4v) is 5.14. The highest BCUT2D eigenvalue weighted by Gasteiger charge is 2.34. The molecule has 3 heteroatoms. The van der Waals surface area contributed by atoms with Gasteiger partial charge in [-0.1, -0.05) is 87.5 Å². The molecule has 2 atom stereocenters. The third kappa shape index (κ3) is 4.04. The van der Waals surface area contributed by atoms with E-state index < -0.39 is 0 Å². The van der Waals surface area contributed by atoms with Crippen molar-refractivity contribution in [1.29, 1.82) is 0 Å². The molecule has 0 spiro atoms. The lowest BCUT2D eigenvalue weighted by atomic mass is 9.75. The van der Waals surface area contributed by atoms with Gasteiger partial charge in [-0.25, -0.2) is 0 Å². The topological polar surface area (TPSA) is 34.9 Å². The van der Waals surface area contributed by atoms with E-state index in [-0.39, 0.29) is 5.91 Å². The summed E-state index contributed by atoms with van der Waals surface area (Å²) in [5.74, 6) is 1.13. The zero-order valence-corrected chi connectivity index (χ0v) is 19.5. The van der Waals surface area contributed by atoms with Gasteiger partial charge in [0.1, 0.15) is 0 Å². The average Bonchev–Trinajstić information content (AvgIpc) is 3.24. The molecule has 0 unspecified atom stereocenters. The Balaban J connectivity index is 1.68. The van der Waals surface area contributed by atoms with Gasteiger partial charge in [-0.15, -0.1) is 0 Å². The summed E-state index contributed by atoms with van der Waals surface area (Å²) >= 11 is 0. The van der Waals surface area contributed by atoms with E-state index in [1.54, 1.807) is 10.8 Å². The summed E-state index contributed by atoms with van der Waals surface area (Å²) in [4.78, 5) is 13.5. The predicted octanol–water partition coefficient (Wildman–Crippen LogP) is 7.69. The predicted molar refractivity (Wildman–Crippen MR) is 136 cm³/mol. The lowest BCUT2D eigenvalue weighted by Crippen LogP contribution is -2.17. The van der Waals surface area contributed by atoms with Crippen molar-refractivity contribution in [2.45, 2.75) is 45.4 Å². The summed E-state index contributed by atoms with van der Waals surface area (Å²) in [6, 6.07) is 24.8. The van der Waals surface area contributed by atoms with Crippen LogP contribution in [-0.2, 0) is 0 Å². The fourth-order valence-electron chi connectivity index (χ4n) is 5.14. The molecule has 3 nitrogen and oxygen atoms in total. The van der Waals surface area contributed by atoms with E-state index in [2.05, 4.69) is 63.2 Å². The van der Waals surface area contributed by atoms with E-state index in [1.165, 1.54) is 16.3 Å². The second-order valence-electron chi connectivity index (χ2n) is 9.53. The molecule has 0 N–H and O–H groups in total. The van der Waals surface area contributed by atoms with E-state index in [9.17, 15) is 4.79 Å². The van der Waals surface area contributed by atoms with Gasteiger partial charge in [0, 0.05) is 23.1 Å². The van der Waals surface area contributed by atoms with Crippen molar-refractivity contribution < 1.29 is 4.79 Å². The Bertz CT molecular complexity index is 1330. The molecule has 4 aromatic rings. The highest BCUT2D eigenvalue weighted by Crippen LogP contribution is 2.46. The molecule has 5 rings (SSSR count). The quantitative estimate of drug-likeness (QED) is 0.309. The van der Waals surface area contributed by atoms with Crippen LogP contribution in [0.3, 0.4) is 0 Å². The van der Waals surface area contributed by atoms with Gasteiger partial charge in [-0.05, 0) is 53.2 Å². The number of hydrogen-bond acceptors (Lipinski definition) is 2. The molecule has 0 fully saturated rings. The van der Waals surface area contributed by atoms with Gasteiger partial charge < -0.3 is 0 Å². The van der Waals surface area contributed by atoms with Crippen molar-refractivity contribution in [1.82, 2.24) is 9.78 Å². The van der Waals surface area contributed by atoms with Crippen molar-refractivity contribution in [2.24, 2.45) is 5.92 Å². The molecule has 1 aromatic heterocycles. The number of fused-ring (bicyclic) bond motifs is 2. The maximum Gasteiger partial charge on any atom is 0.271 e. The van der Waals surface area contributed by atoms with Crippen molar-refractivity contribution in [2.75, 3.05) is 0 Å². The first kappa shape index (κ1) is 21.4. The first-order valence-electron chi connectivity index (χ1n) is 11.9. The van der Waals surface area contributed by atoms with E-state index >= 15 is 0 Å². The average molecular weight is 435 g/mol. The highest BCUT2D eigenvalue weighted by atomic mass is 16.2. The number of nitrogens with zero attached hydrogens (tertiary/aromatic N) is 2. The van der Waals surface area contributed by atoms with Crippen LogP contribution in [0.2, 0.25) is 0 Å². The molecular weight excluding hydrogens is 404 g/mol. The molecule has 0 saturated carbocycles. The molecule has 0 bridgehead atoms. The second kappa shape index (κ2) is 8.82. The molecule has 3 aromatic carbocycles. The van der Waals surface area contributed by atoms with Gasteiger partial charge in [0.15, 0.2) is 0 Å². The zero-order valence-electron chi connectivity index (χ0n) is 19.5. The first-order chi connectivity index (χ1) is 16.0. The van der Waals surface area contributed by atoms with E-state index in [1.807, 2.05) is 36.4 Å². The van der Waals surface area contributed by atoms with Crippen molar-refractivity contribution >= 4 is 22.8 Å². The number of benzene rings is 3. The van der Waals surface area contributed by atoms with Crippen molar-refractivity contribution in [3.05, 3.63) is 95.7 Å². The normalized spacial score (nSPS) is 18.2. The maximum atomic E-state index is 13.5.